The molecule has 4 rings (SSSR count). The van der Waals surface area contributed by atoms with E-state index in [9.17, 15) is 4.79 Å². The molecule has 1 aromatic carbocycles. The topological polar surface area (TPSA) is 63.0 Å². The second-order valence-corrected chi connectivity index (χ2v) is 6.92. The number of piperazine rings is 1. The lowest BCUT2D eigenvalue weighted by atomic mass is 10.2. The van der Waals surface area contributed by atoms with Gasteiger partial charge in [-0.15, -0.1) is 5.10 Å². The Morgan fingerprint density at radius 1 is 1.08 bits per heavy atom. The molecule has 0 aliphatic carbocycles. The fourth-order valence-electron chi connectivity index (χ4n) is 2.99. The lowest BCUT2D eigenvalue weighted by Gasteiger charge is -2.35. The Labute approximate surface area is 149 Å². The average Bonchev–Trinajstić information content (AvgIpc) is 3.06. The largest absolute Gasteiger partial charge is 0.497 e. The van der Waals surface area contributed by atoms with Gasteiger partial charge < -0.3 is 14.5 Å². The highest BCUT2D eigenvalue weighted by Crippen LogP contribution is 2.25. The van der Waals surface area contributed by atoms with Crippen molar-refractivity contribution in [1.82, 2.24) is 14.6 Å². The van der Waals surface area contributed by atoms with E-state index in [1.165, 1.54) is 27.6 Å². The SMILES string of the molecule is COc1ccc(N2CCN(c3nn4c(=O)cc(C)nc4s3)CC2)cc1. The van der Waals surface area contributed by atoms with Gasteiger partial charge in [-0.25, -0.2) is 4.98 Å². The van der Waals surface area contributed by atoms with Gasteiger partial charge in [-0.05, 0) is 31.2 Å². The zero-order valence-corrected chi connectivity index (χ0v) is 15.0. The minimum Gasteiger partial charge on any atom is -0.497 e. The molecule has 1 aliphatic heterocycles. The van der Waals surface area contributed by atoms with E-state index in [1.54, 1.807) is 7.11 Å². The molecule has 0 spiro atoms. The van der Waals surface area contributed by atoms with E-state index in [0.29, 0.717) is 4.96 Å². The third-order valence-electron chi connectivity index (χ3n) is 4.35. The molecular formula is C17H19N5O2S. The first-order valence-electron chi connectivity index (χ1n) is 8.15. The van der Waals surface area contributed by atoms with Crippen LogP contribution in [-0.4, -0.2) is 47.9 Å². The lowest BCUT2D eigenvalue weighted by molar-refractivity contribution is 0.415. The predicted octanol–water partition coefficient (Wildman–Crippen LogP) is 1.79. The van der Waals surface area contributed by atoms with Gasteiger partial charge in [0.25, 0.3) is 5.56 Å². The maximum Gasteiger partial charge on any atom is 0.275 e. The minimum absolute atomic E-state index is 0.123. The third kappa shape index (κ3) is 3.05. The summed E-state index contributed by atoms with van der Waals surface area (Å²) in [6.07, 6.45) is 0. The van der Waals surface area contributed by atoms with Crippen LogP contribution in [0.2, 0.25) is 0 Å². The summed E-state index contributed by atoms with van der Waals surface area (Å²) in [7, 11) is 1.67. The molecule has 8 heteroatoms. The number of methoxy groups -OCH3 is 1. The summed E-state index contributed by atoms with van der Waals surface area (Å²) in [4.78, 5) is 21.6. The molecule has 0 amide bonds. The zero-order valence-electron chi connectivity index (χ0n) is 14.2. The molecule has 0 unspecified atom stereocenters. The van der Waals surface area contributed by atoms with Crippen molar-refractivity contribution in [2.45, 2.75) is 6.92 Å². The number of hydrogen-bond acceptors (Lipinski definition) is 7. The van der Waals surface area contributed by atoms with E-state index in [0.717, 1.165) is 42.8 Å². The maximum atomic E-state index is 12.0. The van der Waals surface area contributed by atoms with Crippen molar-refractivity contribution in [3.63, 3.8) is 0 Å². The van der Waals surface area contributed by atoms with Crippen LogP contribution in [-0.2, 0) is 0 Å². The highest BCUT2D eigenvalue weighted by atomic mass is 32.1. The Hall–Kier alpha value is -2.61. The van der Waals surface area contributed by atoms with E-state index >= 15 is 0 Å². The Morgan fingerprint density at radius 3 is 2.44 bits per heavy atom. The normalized spacial score (nSPS) is 15.0. The number of aryl methyl sites for hydroxylation is 1. The molecule has 1 aliphatic rings. The van der Waals surface area contributed by atoms with Crippen molar-refractivity contribution in [3.8, 4) is 5.75 Å². The summed E-state index contributed by atoms with van der Waals surface area (Å²) in [6.45, 7) is 5.36. The average molecular weight is 357 g/mol. The van der Waals surface area contributed by atoms with Crippen LogP contribution in [0, 0.1) is 6.92 Å². The number of rotatable bonds is 3. The molecule has 3 aromatic rings. The molecule has 1 saturated heterocycles. The van der Waals surface area contributed by atoms with Crippen LogP contribution in [0.25, 0.3) is 4.96 Å². The number of hydrogen-bond donors (Lipinski definition) is 0. The van der Waals surface area contributed by atoms with E-state index in [-0.39, 0.29) is 5.56 Å². The van der Waals surface area contributed by atoms with Crippen molar-refractivity contribution < 1.29 is 4.74 Å². The molecule has 1 fully saturated rings. The van der Waals surface area contributed by atoms with E-state index in [1.807, 2.05) is 19.1 Å². The quantitative estimate of drug-likeness (QED) is 0.712. The van der Waals surface area contributed by atoms with E-state index in [2.05, 4.69) is 32.0 Å². The number of ether oxygens (including phenoxy) is 1. The molecule has 0 radical (unpaired) electrons. The second-order valence-electron chi connectivity index (χ2n) is 5.99. The highest BCUT2D eigenvalue weighted by molar-refractivity contribution is 7.20. The Balaban J connectivity index is 1.49. The van der Waals surface area contributed by atoms with Crippen LogP contribution >= 0.6 is 11.3 Å². The molecular weight excluding hydrogens is 338 g/mol. The molecule has 0 bridgehead atoms. The van der Waals surface area contributed by atoms with Gasteiger partial charge in [-0.3, -0.25) is 4.79 Å². The fraction of sp³-hybridized carbons (Fsp3) is 0.353. The molecule has 130 valence electrons. The van der Waals surface area contributed by atoms with Crippen molar-refractivity contribution in [3.05, 3.63) is 46.4 Å². The van der Waals surface area contributed by atoms with Crippen molar-refractivity contribution >= 4 is 27.1 Å². The maximum absolute atomic E-state index is 12.0. The first kappa shape index (κ1) is 15.9. The Bertz CT molecular complexity index is 942. The van der Waals surface area contributed by atoms with E-state index in [4.69, 9.17) is 4.74 Å². The Morgan fingerprint density at radius 2 is 1.76 bits per heavy atom. The number of nitrogens with zero attached hydrogens (tertiary/aromatic N) is 5. The number of fused-ring (bicyclic) bond motifs is 1. The smallest absolute Gasteiger partial charge is 0.275 e. The van der Waals surface area contributed by atoms with Gasteiger partial charge >= 0.3 is 0 Å². The number of benzene rings is 1. The molecule has 0 N–H and O–H groups in total. The first-order chi connectivity index (χ1) is 12.1. The summed E-state index contributed by atoms with van der Waals surface area (Å²) >= 11 is 1.47. The van der Waals surface area contributed by atoms with Crippen molar-refractivity contribution in [1.29, 1.82) is 0 Å². The van der Waals surface area contributed by atoms with Gasteiger partial charge in [-0.2, -0.15) is 4.52 Å². The van der Waals surface area contributed by atoms with Crippen molar-refractivity contribution in [2.75, 3.05) is 43.1 Å². The van der Waals surface area contributed by atoms with Crippen LogP contribution < -0.4 is 20.1 Å². The standard InChI is InChI=1S/C17H19N5O2S/c1-12-11-15(23)22-16(18-12)25-17(19-22)21-9-7-20(8-10-21)13-3-5-14(24-2)6-4-13/h3-6,11H,7-10H2,1-2H3. The molecule has 0 saturated carbocycles. The zero-order chi connectivity index (χ0) is 17.4. The van der Waals surface area contributed by atoms with Crippen molar-refractivity contribution in [2.24, 2.45) is 0 Å². The summed E-state index contributed by atoms with van der Waals surface area (Å²) in [6, 6.07) is 9.64. The third-order valence-corrected chi connectivity index (χ3v) is 5.32. The first-order valence-corrected chi connectivity index (χ1v) is 8.97. The van der Waals surface area contributed by atoms with Gasteiger partial charge in [0.15, 0.2) is 0 Å². The summed E-state index contributed by atoms with van der Waals surface area (Å²) < 4.78 is 6.60. The molecule has 0 atom stereocenters. The Kier molecular flexibility index (Phi) is 4.04. The number of aromatic nitrogens is 3. The van der Waals surface area contributed by atoms with Gasteiger partial charge in [0.1, 0.15) is 5.75 Å². The predicted molar refractivity (Wildman–Crippen MR) is 99.3 cm³/mol. The lowest BCUT2D eigenvalue weighted by Crippen LogP contribution is -2.46. The summed E-state index contributed by atoms with van der Waals surface area (Å²) in [5.74, 6) is 0.866. The fourth-order valence-corrected chi connectivity index (χ4v) is 3.99. The molecule has 25 heavy (non-hydrogen) atoms. The molecule has 7 nitrogen and oxygen atoms in total. The van der Waals surface area contributed by atoms with E-state index < -0.39 is 0 Å². The highest BCUT2D eigenvalue weighted by Gasteiger charge is 2.21. The molecule has 3 heterocycles. The molecule has 2 aromatic heterocycles. The van der Waals surface area contributed by atoms with Crippen LogP contribution in [0.3, 0.4) is 0 Å². The second kappa shape index (κ2) is 6.36. The van der Waals surface area contributed by atoms with Gasteiger partial charge in [0.05, 0.1) is 7.11 Å². The van der Waals surface area contributed by atoms with Crippen LogP contribution in [0.1, 0.15) is 5.69 Å². The van der Waals surface area contributed by atoms with Gasteiger partial charge in [-0.1, -0.05) is 11.3 Å². The summed E-state index contributed by atoms with van der Waals surface area (Å²) in [5, 5.41) is 5.30. The van der Waals surface area contributed by atoms with Crippen LogP contribution in [0.4, 0.5) is 10.8 Å². The van der Waals surface area contributed by atoms with Crippen LogP contribution in [0.15, 0.2) is 35.1 Å². The number of anilines is 2. The monoisotopic (exact) mass is 357 g/mol. The summed E-state index contributed by atoms with van der Waals surface area (Å²) in [5.41, 5.74) is 1.80. The van der Waals surface area contributed by atoms with Gasteiger partial charge in [0.2, 0.25) is 10.1 Å². The van der Waals surface area contributed by atoms with Gasteiger partial charge in [0, 0.05) is 43.6 Å². The van der Waals surface area contributed by atoms with Crippen LogP contribution in [0.5, 0.6) is 5.75 Å². The minimum atomic E-state index is -0.123.